The molecule has 0 atom stereocenters. The van der Waals surface area contributed by atoms with Crippen LogP contribution in [0.5, 0.6) is 5.75 Å². The highest BCUT2D eigenvalue weighted by molar-refractivity contribution is 5.72. The Balaban J connectivity index is 1.77. The van der Waals surface area contributed by atoms with Crippen molar-refractivity contribution >= 4 is 18.4 Å². The van der Waals surface area contributed by atoms with Gasteiger partial charge in [0.15, 0.2) is 0 Å². The molecule has 1 aliphatic heterocycles. The average Bonchev–Trinajstić information content (AvgIpc) is 2.47. The van der Waals surface area contributed by atoms with Crippen molar-refractivity contribution in [3.8, 4) is 5.75 Å². The Morgan fingerprint density at radius 2 is 2.04 bits per heavy atom. The van der Waals surface area contributed by atoms with Gasteiger partial charge >= 0.3 is 5.97 Å². The maximum atomic E-state index is 11.9. The van der Waals surface area contributed by atoms with Gasteiger partial charge in [-0.05, 0) is 39.7 Å². The molecule has 0 aromatic heterocycles. The average molecular weight is 319 g/mol. The lowest BCUT2D eigenvalue weighted by Gasteiger charge is -2.32. The molecule has 1 aromatic rings. The number of carbonyl (C=O) groups excluding carboxylic acids is 1. The second-order valence-electron chi connectivity index (χ2n) is 6.88. The van der Waals surface area contributed by atoms with E-state index in [1.807, 2.05) is 45.0 Å². The van der Waals surface area contributed by atoms with Crippen LogP contribution in [0, 0.1) is 0 Å². The highest BCUT2D eigenvalue weighted by Gasteiger charge is 2.24. The monoisotopic (exact) mass is 319 g/mol. The summed E-state index contributed by atoms with van der Waals surface area (Å²) in [6.07, 6.45) is 2.00. The van der Waals surface area contributed by atoms with Gasteiger partial charge in [0.2, 0.25) is 5.69 Å². The molecule has 1 N–H and O–H groups in total. The number of nitrogens with zero attached hydrogens (tertiary/aromatic N) is 1. The zero-order valence-electron chi connectivity index (χ0n) is 14.3. The fourth-order valence-corrected chi connectivity index (χ4v) is 2.61. The molecule has 5 heteroatoms. The zero-order chi connectivity index (χ0) is 16.9. The predicted molar refractivity (Wildman–Crippen MR) is 90.1 cm³/mol. The van der Waals surface area contributed by atoms with Crippen LogP contribution in [0.25, 0.3) is 0 Å². The lowest BCUT2D eigenvalue weighted by molar-refractivity contribution is -0.342. The topological polar surface area (TPSA) is 52.7 Å². The lowest BCUT2D eigenvalue weighted by atomic mass is 10.1. The summed E-state index contributed by atoms with van der Waals surface area (Å²) in [5, 5.41) is 0. The number of nitrogens with one attached hydrogen (secondary N) is 1. The molecule has 23 heavy (non-hydrogen) atoms. The zero-order valence-corrected chi connectivity index (χ0v) is 14.3. The molecule has 1 saturated heterocycles. The Kier molecular flexibility index (Phi) is 5.77. The molecule has 1 aliphatic rings. The van der Waals surface area contributed by atoms with Crippen molar-refractivity contribution < 1.29 is 19.3 Å². The number of hydrogen-bond donors (Lipinski definition) is 1. The third kappa shape index (κ3) is 6.02. The Bertz CT molecular complexity index is 543. The third-order valence-corrected chi connectivity index (χ3v) is 3.65. The summed E-state index contributed by atoms with van der Waals surface area (Å²) in [4.78, 5) is 16.9. The molecule has 5 nitrogen and oxygen atoms in total. The predicted octanol–water partition coefficient (Wildman–Crippen LogP) is 1.28. The van der Waals surface area contributed by atoms with Gasteiger partial charge in [-0.15, -0.1) is 0 Å². The van der Waals surface area contributed by atoms with Crippen LogP contribution in [-0.2, 0) is 9.53 Å². The Hall–Kier alpha value is -1.88. The molecule has 126 valence electrons. The lowest BCUT2D eigenvalue weighted by Crippen LogP contribution is -2.57. The molecule has 0 amide bonds. The minimum absolute atomic E-state index is 0.161. The molecule has 0 radical (unpaired) electrons. The number of esters is 1. The van der Waals surface area contributed by atoms with E-state index in [1.165, 1.54) is 0 Å². The first-order valence-corrected chi connectivity index (χ1v) is 8.10. The van der Waals surface area contributed by atoms with E-state index in [0.29, 0.717) is 6.54 Å². The number of rotatable bonds is 5. The van der Waals surface area contributed by atoms with Crippen LogP contribution in [0.3, 0.4) is 0 Å². The van der Waals surface area contributed by atoms with E-state index < -0.39 is 5.60 Å². The van der Waals surface area contributed by atoms with E-state index in [1.54, 1.807) is 0 Å². The fraction of sp³-hybridized carbons (Fsp3) is 0.556. The minimum atomic E-state index is -0.425. The quantitative estimate of drug-likeness (QED) is 0.656. The molecule has 1 aromatic carbocycles. The molecule has 1 fully saturated rings. The molecule has 0 saturated carbocycles. The largest absolute Gasteiger partial charge is 0.490 e. The first-order chi connectivity index (χ1) is 10.9. The number of benzene rings is 1. The fourth-order valence-electron chi connectivity index (χ4n) is 2.61. The summed E-state index contributed by atoms with van der Waals surface area (Å²) in [6.45, 7) is 11.4. The molecule has 2 rings (SSSR count). The van der Waals surface area contributed by atoms with Gasteiger partial charge in [-0.3, -0.25) is 9.69 Å². The number of hydrogen-bond acceptors (Lipinski definition) is 4. The first kappa shape index (κ1) is 17.5. The van der Waals surface area contributed by atoms with Gasteiger partial charge < -0.3 is 9.47 Å². The molecule has 1 heterocycles. The smallest absolute Gasteiger partial charge is 0.320 e. The second kappa shape index (κ2) is 7.59. The Morgan fingerprint density at radius 3 is 2.65 bits per heavy atom. The van der Waals surface area contributed by atoms with Gasteiger partial charge in [0.05, 0.1) is 12.6 Å². The van der Waals surface area contributed by atoms with Gasteiger partial charge in [0.25, 0.3) is 0 Å². The Labute approximate surface area is 138 Å². The number of ether oxygens (including phenoxy) is 2. The first-order valence-electron chi connectivity index (χ1n) is 8.10. The van der Waals surface area contributed by atoms with Gasteiger partial charge in [-0.2, -0.15) is 0 Å². The van der Waals surface area contributed by atoms with Gasteiger partial charge in [0.1, 0.15) is 24.2 Å². The van der Waals surface area contributed by atoms with E-state index >= 15 is 0 Å². The molecule has 0 bridgehead atoms. The number of likely N-dealkylation sites (tertiary alicyclic amines) is 1. The van der Waals surface area contributed by atoms with Crippen molar-refractivity contribution in [3.05, 3.63) is 24.3 Å². The third-order valence-electron chi connectivity index (χ3n) is 3.65. The molecule has 0 aliphatic carbocycles. The molecule has 0 spiro atoms. The van der Waals surface area contributed by atoms with Crippen LogP contribution < -0.4 is 9.73 Å². The van der Waals surface area contributed by atoms with Crippen molar-refractivity contribution in [3.63, 3.8) is 0 Å². The molecular formula is C18H27N2O3+. The van der Waals surface area contributed by atoms with Crippen LogP contribution in [0.4, 0.5) is 5.69 Å². The SMILES string of the molecule is C=[NH+]c1cccc(OC2CCN(CC(=O)OC(C)(C)C)CC2)c1. The number of piperidine rings is 1. The second-order valence-corrected chi connectivity index (χ2v) is 6.88. The normalized spacial score (nSPS) is 16.8. The molecule has 0 unspecified atom stereocenters. The summed E-state index contributed by atoms with van der Waals surface area (Å²) < 4.78 is 11.4. The highest BCUT2D eigenvalue weighted by atomic mass is 16.6. The van der Waals surface area contributed by atoms with Gasteiger partial charge in [-0.1, -0.05) is 6.07 Å². The van der Waals surface area contributed by atoms with Crippen LogP contribution in [0.2, 0.25) is 0 Å². The maximum absolute atomic E-state index is 11.9. The van der Waals surface area contributed by atoms with E-state index in [9.17, 15) is 4.79 Å². The maximum Gasteiger partial charge on any atom is 0.320 e. The number of carbonyl (C=O) groups is 1. The van der Waals surface area contributed by atoms with E-state index in [-0.39, 0.29) is 12.1 Å². The van der Waals surface area contributed by atoms with Gasteiger partial charge in [-0.25, -0.2) is 4.99 Å². The van der Waals surface area contributed by atoms with Crippen molar-refractivity contribution in [1.82, 2.24) is 4.90 Å². The van der Waals surface area contributed by atoms with Crippen LogP contribution in [0.15, 0.2) is 24.3 Å². The highest BCUT2D eigenvalue weighted by Crippen LogP contribution is 2.20. The van der Waals surface area contributed by atoms with Crippen molar-refractivity contribution in [2.75, 3.05) is 19.6 Å². The molecular weight excluding hydrogens is 292 g/mol. The summed E-state index contributed by atoms with van der Waals surface area (Å²) in [5.74, 6) is 0.690. The van der Waals surface area contributed by atoms with Gasteiger partial charge in [0, 0.05) is 19.2 Å². The van der Waals surface area contributed by atoms with Crippen LogP contribution in [0.1, 0.15) is 33.6 Å². The van der Waals surface area contributed by atoms with E-state index in [4.69, 9.17) is 9.47 Å². The van der Waals surface area contributed by atoms with Crippen molar-refractivity contribution in [2.24, 2.45) is 0 Å². The summed E-state index contributed by atoms with van der Waals surface area (Å²) in [5.41, 5.74) is 0.510. The van der Waals surface area contributed by atoms with Crippen LogP contribution in [-0.4, -0.2) is 48.9 Å². The summed E-state index contributed by atoms with van der Waals surface area (Å²) in [7, 11) is 0. The van der Waals surface area contributed by atoms with Crippen LogP contribution >= 0.6 is 0 Å². The summed E-state index contributed by atoms with van der Waals surface area (Å²) in [6, 6.07) is 7.79. The minimum Gasteiger partial charge on any atom is -0.490 e. The van der Waals surface area contributed by atoms with E-state index in [0.717, 1.165) is 37.4 Å². The summed E-state index contributed by atoms with van der Waals surface area (Å²) >= 11 is 0. The van der Waals surface area contributed by atoms with Crippen molar-refractivity contribution in [1.29, 1.82) is 0 Å². The van der Waals surface area contributed by atoms with Crippen molar-refractivity contribution in [2.45, 2.75) is 45.3 Å². The van der Waals surface area contributed by atoms with E-state index in [2.05, 4.69) is 16.6 Å². The Morgan fingerprint density at radius 1 is 1.35 bits per heavy atom. The standard InChI is InChI=1S/C18H26N2O3/c1-18(2,3)23-17(21)13-20-10-8-15(9-11-20)22-16-7-5-6-14(12-16)19-4/h5-7,12,15H,4,8-11,13H2,1-3H3/p+1.